The first-order valence-electron chi connectivity index (χ1n) is 8.44. The SMILES string of the molecule is CSC(=Nc1nc(C(C)c2cccc(C(=O)c3ccccc3)c2)co1)SC. The molecular weight excluding hydrogens is 376 g/mol. The van der Waals surface area contributed by atoms with E-state index in [1.54, 1.807) is 29.8 Å². The second-order valence-corrected chi connectivity index (χ2v) is 7.73. The molecule has 2 aromatic carbocycles. The minimum Gasteiger partial charge on any atom is -0.430 e. The quantitative estimate of drug-likeness (QED) is 0.311. The van der Waals surface area contributed by atoms with Crippen LogP contribution in [-0.2, 0) is 0 Å². The Morgan fingerprint density at radius 1 is 1.04 bits per heavy atom. The lowest BCUT2D eigenvalue weighted by Crippen LogP contribution is -2.03. The van der Waals surface area contributed by atoms with Gasteiger partial charge in [-0.1, -0.05) is 55.5 Å². The Morgan fingerprint density at radius 3 is 2.44 bits per heavy atom. The highest BCUT2D eigenvalue weighted by molar-refractivity contribution is 8.38. The molecule has 1 atom stereocenters. The molecule has 0 saturated carbocycles. The number of carbonyl (C=O) groups excluding carboxylic acids is 1. The average molecular weight is 397 g/mol. The van der Waals surface area contributed by atoms with Crippen LogP contribution >= 0.6 is 23.5 Å². The Labute approximate surface area is 167 Å². The van der Waals surface area contributed by atoms with E-state index in [9.17, 15) is 4.79 Å². The maximum absolute atomic E-state index is 12.7. The summed E-state index contributed by atoms with van der Waals surface area (Å²) in [6.45, 7) is 2.04. The largest absolute Gasteiger partial charge is 0.430 e. The molecule has 0 aliphatic rings. The fourth-order valence-electron chi connectivity index (χ4n) is 2.66. The van der Waals surface area contributed by atoms with Crippen LogP contribution in [0.1, 0.15) is 40.0 Å². The summed E-state index contributed by atoms with van der Waals surface area (Å²) < 4.78 is 6.39. The third-order valence-electron chi connectivity index (χ3n) is 4.17. The van der Waals surface area contributed by atoms with Crippen molar-refractivity contribution in [2.24, 2.45) is 4.99 Å². The number of aromatic nitrogens is 1. The highest BCUT2D eigenvalue weighted by atomic mass is 32.2. The number of oxazole rings is 1. The summed E-state index contributed by atoms with van der Waals surface area (Å²) in [4.78, 5) is 21.6. The van der Waals surface area contributed by atoms with Crippen LogP contribution in [0.5, 0.6) is 0 Å². The maximum atomic E-state index is 12.7. The summed E-state index contributed by atoms with van der Waals surface area (Å²) >= 11 is 3.11. The molecule has 0 amide bonds. The lowest BCUT2D eigenvalue weighted by atomic mass is 9.94. The Bertz CT molecular complexity index is 946. The molecule has 1 unspecified atom stereocenters. The predicted octanol–water partition coefficient (Wildman–Crippen LogP) is 5.77. The Kier molecular flexibility index (Phi) is 6.53. The van der Waals surface area contributed by atoms with Gasteiger partial charge in [-0.3, -0.25) is 4.79 Å². The minimum atomic E-state index is -0.00627. The van der Waals surface area contributed by atoms with Gasteiger partial charge in [-0.2, -0.15) is 9.98 Å². The average Bonchev–Trinajstić information content (AvgIpc) is 3.20. The summed E-state index contributed by atoms with van der Waals surface area (Å²) in [6.07, 6.45) is 5.57. The number of hydrogen-bond acceptors (Lipinski definition) is 6. The molecule has 0 radical (unpaired) electrons. The van der Waals surface area contributed by atoms with Crippen LogP contribution in [0, 0.1) is 0 Å². The van der Waals surface area contributed by atoms with Crippen molar-refractivity contribution >= 4 is 39.7 Å². The van der Waals surface area contributed by atoms with E-state index in [2.05, 4.69) is 9.98 Å². The van der Waals surface area contributed by atoms with E-state index in [0.29, 0.717) is 17.1 Å². The summed E-state index contributed by atoms with van der Waals surface area (Å²) in [5, 5.41) is 0. The Balaban J connectivity index is 1.84. The number of nitrogens with zero attached hydrogens (tertiary/aromatic N) is 2. The summed E-state index contributed by atoms with van der Waals surface area (Å²) in [5.41, 5.74) is 3.15. The zero-order valence-corrected chi connectivity index (χ0v) is 17.0. The summed E-state index contributed by atoms with van der Waals surface area (Å²) in [5.74, 6) is 0.00732. The third kappa shape index (κ3) is 4.70. The molecule has 0 spiro atoms. The Morgan fingerprint density at radius 2 is 1.74 bits per heavy atom. The topological polar surface area (TPSA) is 55.5 Å². The standard InChI is InChI=1S/C21H20N2O2S2/c1-14(18-13-25-20(22-18)23-21(26-2)27-3)16-10-7-11-17(12-16)19(24)15-8-5-4-6-9-15/h4-14H,1-3H3. The van der Waals surface area contributed by atoms with Crippen molar-refractivity contribution in [1.82, 2.24) is 4.98 Å². The smallest absolute Gasteiger partial charge is 0.323 e. The molecule has 0 fully saturated rings. The third-order valence-corrected chi connectivity index (χ3v) is 6.06. The first kappa shape index (κ1) is 19.5. The lowest BCUT2D eigenvalue weighted by Gasteiger charge is -2.10. The molecular formula is C21H20N2O2S2. The van der Waals surface area contributed by atoms with Gasteiger partial charge in [0.05, 0.1) is 5.69 Å². The molecule has 3 aromatic rings. The molecule has 0 aliphatic heterocycles. The molecule has 0 bridgehead atoms. The van der Waals surface area contributed by atoms with Gasteiger partial charge in [0.2, 0.25) is 0 Å². The zero-order chi connectivity index (χ0) is 19.2. The van der Waals surface area contributed by atoms with E-state index in [1.165, 1.54) is 0 Å². The molecule has 4 nitrogen and oxygen atoms in total. The summed E-state index contributed by atoms with van der Waals surface area (Å²) in [7, 11) is 0. The van der Waals surface area contributed by atoms with Crippen molar-refractivity contribution in [3.05, 3.63) is 83.2 Å². The van der Waals surface area contributed by atoms with Crippen LogP contribution in [0.15, 0.2) is 70.3 Å². The molecule has 0 N–H and O–H groups in total. The second kappa shape index (κ2) is 9.06. The van der Waals surface area contributed by atoms with Crippen LogP contribution in [0.2, 0.25) is 0 Å². The maximum Gasteiger partial charge on any atom is 0.323 e. The van der Waals surface area contributed by atoms with Crippen LogP contribution in [0.4, 0.5) is 6.01 Å². The van der Waals surface area contributed by atoms with Gasteiger partial charge in [0, 0.05) is 17.0 Å². The molecule has 6 heteroatoms. The predicted molar refractivity (Wildman–Crippen MR) is 114 cm³/mol. The van der Waals surface area contributed by atoms with Crippen molar-refractivity contribution in [3.8, 4) is 0 Å². The number of aliphatic imine (C=N–C) groups is 1. The normalized spacial score (nSPS) is 11.8. The van der Waals surface area contributed by atoms with Gasteiger partial charge in [-0.25, -0.2) is 0 Å². The van der Waals surface area contributed by atoms with Gasteiger partial charge in [0.15, 0.2) is 5.78 Å². The van der Waals surface area contributed by atoms with E-state index in [1.807, 2.05) is 74.0 Å². The molecule has 27 heavy (non-hydrogen) atoms. The molecule has 0 aliphatic carbocycles. The fourth-order valence-corrected chi connectivity index (χ4v) is 3.66. The van der Waals surface area contributed by atoms with Gasteiger partial charge in [-0.15, -0.1) is 23.5 Å². The molecule has 138 valence electrons. The van der Waals surface area contributed by atoms with Gasteiger partial charge in [-0.05, 0) is 24.1 Å². The van der Waals surface area contributed by atoms with Crippen LogP contribution in [0.25, 0.3) is 0 Å². The number of ketones is 1. The van der Waals surface area contributed by atoms with Crippen LogP contribution in [0.3, 0.4) is 0 Å². The first-order valence-corrected chi connectivity index (χ1v) is 10.9. The number of benzene rings is 2. The lowest BCUT2D eigenvalue weighted by molar-refractivity contribution is 0.103. The van der Waals surface area contributed by atoms with E-state index < -0.39 is 0 Å². The Hall–Kier alpha value is -2.31. The van der Waals surface area contributed by atoms with Gasteiger partial charge in [0.25, 0.3) is 0 Å². The van der Waals surface area contributed by atoms with Gasteiger partial charge < -0.3 is 4.42 Å². The van der Waals surface area contributed by atoms with Crippen molar-refractivity contribution in [2.75, 3.05) is 12.5 Å². The number of carbonyl (C=O) groups is 1. The monoisotopic (exact) mass is 396 g/mol. The number of thioether (sulfide) groups is 2. The molecule has 1 aromatic heterocycles. The van der Waals surface area contributed by atoms with Gasteiger partial charge in [0.1, 0.15) is 10.6 Å². The number of rotatable bonds is 5. The van der Waals surface area contributed by atoms with E-state index in [4.69, 9.17) is 4.42 Å². The number of hydrogen-bond donors (Lipinski definition) is 0. The van der Waals surface area contributed by atoms with Crippen LogP contribution in [-0.4, -0.2) is 27.7 Å². The first-order chi connectivity index (χ1) is 13.1. The van der Waals surface area contributed by atoms with Crippen molar-refractivity contribution in [2.45, 2.75) is 12.8 Å². The van der Waals surface area contributed by atoms with E-state index >= 15 is 0 Å². The summed E-state index contributed by atoms with van der Waals surface area (Å²) in [6, 6.07) is 17.3. The van der Waals surface area contributed by atoms with Crippen molar-refractivity contribution in [3.63, 3.8) is 0 Å². The minimum absolute atomic E-state index is 0.00627. The molecule has 3 rings (SSSR count). The molecule has 1 heterocycles. The van der Waals surface area contributed by atoms with Crippen molar-refractivity contribution < 1.29 is 9.21 Å². The second-order valence-electron chi connectivity index (χ2n) is 5.88. The van der Waals surface area contributed by atoms with Gasteiger partial charge >= 0.3 is 6.01 Å². The highest BCUT2D eigenvalue weighted by Crippen LogP contribution is 2.28. The van der Waals surface area contributed by atoms with E-state index in [-0.39, 0.29) is 11.7 Å². The highest BCUT2D eigenvalue weighted by Gasteiger charge is 2.16. The van der Waals surface area contributed by atoms with Crippen molar-refractivity contribution in [1.29, 1.82) is 0 Å². The van der Waals surface area contributed by atoms with Crippen LogP contribution < -0.4 is 0 Å². The zero-order valence-electron chi connectivity index (χ0n) is 15.4. The fraction of sp³-hybridized carbons (Fsp3) is 0.190. The molecule has 0 saturated heterocycles. The van der Waals surface area contributed by atoms with E-state index in [0.717, 1.165) is 15.6 Å².